The van der Waals surface area contributed by atoms with Crippen LogP contribution in [-0.2, 0) is 4.79 Å². The molecule has 1 aromatic carbocycles. The van der Waals surface area contributed by atoms with Gasteiger partial charge in [-0.15, -0.1) is 0 Å². The number of hydrogen-bond acceptors (Lipinski definition) is 2. The predicted octanol–water partition coefficient (Wildman–Crippen LogP) is 3.73. The van der Waals surface area contributed by atoms with Crippen LogP contribution < -0.4 is 10.6 Å². The van der Waals surface area contributed by atoms with Gasteiger partial charge in [-0.2, -0.15) is 0 Å². The van der Waals surface area contributed by atoms with Crippen LogP contribution in [0.5, 0.6) is 0 Å². The molecule has 1 aliphatic rings. The van der Waals surface area contributed by atoms with Crippen LogP contribution in [0, 0.1) is 5.92 Å². The number of rotatable bonds is 5. The molecule has 1 unspecified atom stereocenters. The zero-order valence-corrected chi connectivity index (χ0v) is 13.5. The van der Waals surface area contributed by atoms with Crippen molar-refractivity contribution in [1.29, 1.82) is 0 Å². The Labute approximate surface area is 132 Å². The zero-order valence-electron chi connectivity index (χ0n) is 13.5. The molecule has 4 heteroatoms. The van der Waals surface area contributed by atoms with E-state index in [0.717, 1.165) is 32.1 Å². The smallest absolute Gasteiger partial charge is 0.253 e. The van der Waals surface area contributed by atoms with Crippen molar-refractivity contribution >= 4 is 17.5 Å². The Balaban J connectivity index is 2.07. The molecule has 1 fully saturated rings. The van der Waals surface area contributed by atoms with E-state index in [1.54, 1.807) is 12.1 Å². The summed E-state index contributed by atoms with van der Waals surface area (Å²) in [6.07, 6.45) is 6.24. The highest BCUT2D eigenvalue weighted by Crippen LogP contribution is 2.25. The Morgan fingerprint density at radius 1 is 1.18 bits per heavy atom. The molecule has 0 bridgehead atoms. The molecule has 0 aliphatic heterocycles. The number of hydrogen-bond donors (Lipinski definition) is 2. The second kappa shape index (κ2) is 7.97. The second-order valence-corrected chi connectivity index (χ2v) is 6.15. The van der Waals surface area contributed by atoms with Crippen molar-refractivity contribution in [2.24, 2.45) is 5.92 Å². The number of anilines is 1. The summed E-state index contributed by atoms with van der Waals surface area (Å²) in [5.41, 5.74) is 1.14. The minimum Gasteiger partial charge on any atom is -0.350 e. The molecule has 22 heavy (non-hydrogen) atoms. The van der Waals surface area contributed by atoms with E-state index in [2.05, 4.69) is 10.6 Å². The zero-order chi connectivity index (χ0) is 15.9. The lowest BCUT2D eigenvalue weighted by atomic mass is 9.88. The Hall–Kier alpha value is -1.84. The average molecular weight is 302 g/mol. The van der Waals surface area contributed by atoms with E-state index in [9.17, 15) is 9.59 Å². The van der Waals surface area contributed by atoms with Crippen molar-refractivity contribution in [3.8, 4) is 0 Å². The van der Waals surface area contributed by atoms with Gasteiger partial charge in [0.15, 0.2) is 0 Å². The van der Waals surface area contributed by atoms with Crippen molar-refractivity contribution in [2.45, 2.75) is 58.4 Å². The van der Waals surface area contributed by atoms with Crippen LogP contribution >= 0.6 is 0 Å². The van der Waals surface area contributed by atoms with Gasteiger partial charge in [-0.25, -0.2) is 0 Å². The molecule has 0 aromatic heterocycles. The third kappa shape index (κ3) is 4.33. The van der Waals surface area contributed by atoms with E-state index in [-0.39, 0.29) is 23.8 Å². The second-order valence-electron chi connectivity index (χ2n) is 6.15. The summed E-state index contributed by atoms with van der Waals surface area (Å²) in [5.74, 6) is -0.00295. The van der Waals surface area contributed by atoms with Crippen LogP contribution in [0.3, 0.4) is 0 Å². The van der Waals surface area contributed by atoms with Gasteiger partial charge in [0.05, 0.1) is 11.3 Å². The van der Waals surface area contributed by atoms with Crippen LogP contribution in [0.4, 0.5) is 5.69 Å². The fourth-order valence-electron chi connectivity index (χ4n) is 2.79. The van der Waals surface area contributed by atoms with Gasteiger partial charge >= 0.3 is 0 Å². The molecule has 1 aliphatic carbocycles. The Morgan fingerprint density at radius 3 is 2.55 bits per heavy atom. The first kappa shape index (κ1) is 16.5. The van der Waals surface area contributed by atoms with Gasteiger partial charge in [-0.05, 0) is 38.3 Å². The van der Waals surface area contributed by atoms with Crippen molar-refractivity contribution < 1.29 is 9.59 Å². The SMILES string of the molecule is CCC(C)NC(=O)c1ccccc1NC(=O)C1CCCCC1. The Morgan fingerprint density at radius 2 is 1.86 bits per heavy atom. The van der Waals surface area contributed by atoms with Crippen molar-refractivity contribution in [3.05, 3.63) is 29.8 Å². The Kier molecular flexibility index (Phi) is 5.99. The molecule has 2 rings (SSSR count). The fourth-order valence-corrected chi connectivity index (χ4v) is 2.79. The third-order valence-corrected chi connectivity index (χ3v) is 4.40. The van der Waals surface area contributed by atoms with Gasteiger partial charge in [0.2, 0.25) is 5.91 Å². The van der Waals surface area contributed by atoms with Crippen LogP contribution in [0.25, 0.3) is 0 Å². The summed E-state index contributed by atoms with van der Waals surface area (Å²) in [7, 11) is 0. The molecular formula is C18H26N2O2. The molecule has 2 amide bonds. The van der Waals surface area contributed by atoms with Gasteiger partial charge in [-0.3, -0.25) is 9.59 Å². The number of carbonyl (C=O) groups excluding carboxylic acids is 2. The lowest BCUT2D eigenvalue weighted by Gasteiger charge is -2.21. The number of benzene rings is 1. The minimum absolute atomic E-state index is 0.0449. The summed E-state index contributed by atoms with van der Waals surface area (Å²) in [5, 5.41) is 5.90. The monoisotopic (exact) mass is 302 g/mol. The van der Waals surface area contributed by atoms with E-state index < -0.39 is 0 Å². The average Bonchev–Trinajstić information content (AvgIpc) is 2.55. The van der Waals surface area contributed by atoms with E-state index in [1.807, 2.05) is 26.0 Å². The van der Waals surface area contributed by atoms with Gasteiger partial charge in [0, 0.05) is 12.0 Å². The number of para-hydroxylation sites is 1. The van der Waals surface area contributed by atoms with Gasteiger partial charge in [0.25, 0.3) is 5.91 Å². The molecular weight excluding hydrogens is 276 g/mol. The highest BCUT2D eigenvalue weighted by atomic mass is 16.2. The van der Waals surface area contributed by atoms with Crippen molar-refractivity contribution in [2.75, 3.05) is 5.32 Å². The third-order valence-electron chi connectivity index (χ3n) is 4.40. The number of nitrogens with one attached hydrogen (secondary N) is 2. The van der Waals surface area contributed by atoms with Crippen LogP contribution in [0.2, 0.25) is 0 Å². The molecule has 120 valence electrons. The number of amides is 2. The molecule has 0 spiro atoms. The summed E-state index contributed by atoms with van der Waals surface area (Å²) in [6.45, 7) is 4.00. The maximum atomic E-state index is 12.4. The standard InChI is InChI=1S/C18H26N2O2/c1-3-13(2)19-18(22)15-11-7-8-12-16(15)20-17(21)14-9-5-4-6-10-14/h7-8,11-14H,3-6,9-10H2,1-2H3,(H,19,22)(H,20,21). The number of carbonyl (C=O) groups is 2. The van der Waals surface area contributed by atoms with E-state index in [1.165, 1.54) is 6.42 Å². The molecule has 2 N–H and O–H groups in total. The maximum absolute atomic E-state index is 12.4. The van der Waals surface area contributed by atoms with Crippen LogP contribution in [0.1, 0.15) is 62.7 Å². The first-order chi connectivity index (χ1) is 10.6. The molecule has 1 saturated carbocycles. The summed E-state index contributed by atoms with van der Waals surface area (Å²) in [6, 6.07) is 7.34. The maximum Gasteiger partial charge on any atom is 0.253 e. The topological polar surface area (TPSA) is 58.2 Å². The molecule has 1 aromatic rings. The highest BCUT2D eigenvalue weighted by molar-refractivity contribution is 6.04. The van der Waals surface area contributed by atoms with Gasteiger partial charge < -0.3 is 10.6 Å². The van der Waals surface area contributed by atoms with Crippen molar-refractivity contribution in [3.63, 3.8) is 0 Å². The first-order valence-corrected chi connectivity index (χ1v) is 8.32. The molecule has 0 heterocycles. The highest BCUT2D eigenvalue weighted by Gasteiger charge is 2.22. The van der Waals surface area contributed by atoms with Gasteiger partial charge in [0.1, 0.15) is 0 Å². The lowest BCUT2D eigenvalue weighted by Crippen LogP contribution is -2.33. The summed E-state index contributed by atoms with van der Waals surface area (Å²) in [4.78, 5) is 24.7. The predicted molar refractivity (Wildman–Crippen MR) is 88.9 cm³/mol. The molecule has 1 atom stereocenters. The van der Waals surface area contributed by atoms with Crippen molar-refractivity contribution in [1.82, 2.24) is 5.32 Å². The molecule has 4 nitrogen and oxygen atoms in total. The minimum atomic E-state index is -0.131. The largest absolute Gasteiger partial charge is 0.350 e. The normalized spacial score (nSPS) is 16.8. The quantitative estimate of drug-likeness (QED) is 0.870. The molecule has 0 saturated heterocycles. The van der Waals surface area contributed by atoms with E-state index in [4.69, 9.17) is 0 Å². The van der Waals surface area contributed by atoms with E-state index in [0.29, 0.717) is 11.3 Å². The van der Waals surface area contributed by atoms with Crippen LogP contribution in [0.15, 0.2) is 24.3 Å². The van der Waals surface area contributed by atoms with Crippen LogP contribution in [-0.4, -0.2) is 17.9 Å². The van der Waals surface area contributed by atoms with Gasteiger partial charge in [-0.1, -0.05) is 38.3 Å². The first-order valence-electron chi connectivity index (χ1n) is 8.32. The fraction of sp³-hybridized carbons (Fsp3) is 0.556. The Bertz CT molecular complexity index is 522. The lowest BCUT2D eigenvalue weighted by molar-refractivity contribution is -0.120. The molecule has 0 radical (unpaired) electrons. The summed E-state index contributed by atoms with van der Waals surface area (Å²) >= 11 is 0. The van der Waals surface area contributed by atoms with E-state index >= 15 is 0 Å². The summed E-state index contributed by atoms with van der Waals surface area (Å²) < 4.78 is 0.